The fourth-order valence-electron chi connectivity index (χ4n) is 1.76. The van der Waals surface area contributed by atoms with Crippen molar-refractivity contribution in [2.24, 2.45) is 5.92 Å². The topological polar surface area (TPSA) is 59.1 Å². The second-order valence-corrected chi connectivity index (χ2v) is 6.52. The molecule has 0 radical (unpaired) electrons. The van der Waals surface area contributed by atoms with E-state index >= 15 is 0 Å². The number of hydrogen-bond acceptors (Lipinski definition) is 3. The first-order valence-corrected chi connectivity index (χ1v) is 7.38. The minimum atomic E-state index is -3.23. The Hall–Kier alpha value is -0.940. The summed E-state index contributed by atoms with van der Waals surface area (Å²) in [5.41, 5.74) is 1.77. The number of sulfonamides is 1. The lowest BCUT2D eigenvalue weighted by molar-refractivity contribution is 0.551. The standard InChI is InChI=1S/C12H20N2O2S/c1-9(2)8-17(15,16)14-11(4)12-10(3)6-5-7-13-12/h5-7,9,11,14H,8H2,1-4H3/t11-/m0/s1. The van der Waals surface area contributed by atoms with Crippen LogP contribution in [0.25, 0.3) is 0 Å². The molecule has 1 heterocycles. The van der Waals surface area contributed by atoms with Crippen LogP contribution in [-0.4, -0.2) is 19.2 Å². The van der Waals surface area contributed by atoms with Crippen molar-refractivity contribution in [3.05, 3.63) is 29.6 Å². The highest BCUT2D eigenvalue weighted by Gasteiger charge is 2.18. The summed E-state index contributed by atoms with van der Waals surface area (Å²) in [4.78, 5) is 4.21. The third kappa shape index (κ3) is 4.44. The normalized spacial score (nSPS) is 13.9. The molecule has 0 saturated heterocycles. The van der Waals surface area contributed by atoms with Crippen LogP contribution in [0.5, 0.6) is 0 Å². The average Bonchev–Trinajstić information content (AvgIpc) is 2.14. The molecule has 0 unspecified atom stereocenters. The Bertz CT molecular complexity index is 469. The number of pyridine rings is 1. The van der Waals surface area contributed by atoms with Gasteiger partial charge in [0.2, 0.25) is 10.0 Å². The van der Waals surface area contributed by atoms with E-state index in [0.29, 0.717) is 0 Å². The lowest BCUT2D eigenvalue weighted by Gasteiger charge is -2.16. The molecule has 17 heavy (non-hydrogen) atoms. The molecule has 5 heteroatoms. The number of aromatic nitrogens is 1. The molecule has 1 N–H and O–H groups in total. The zero-order valence-corrected chi connectivity index (χ0v) is 11.6. The molecule has 0 fully saturated rings. The lowest BCUT2D eigenvalue weighted by atomic mass is 10.1. The summed E-state index contributed by atoms with van der Waals surface area (Å²) in [6.07, 6.45) is 1.68. The number of hydrogen-bond donors (Lipinski definition) is 1. The zero-order valence-electron chi connectivity index (χ0n) is 10.8. The molecule has 1 aromatic heterocycles. The average molecular weight is 256 g/mol. The van der Waals surface area contributed by atoms with E-state index in [4.69, 9.17) is 0 Å². The summed E-state index contributed by atoms with van der Waals surface area (Å²) < 4.78 is 26.2. The Morgan fingerprint density at radius 2 is 2.00 bits per heavy atom. The number of nitrogens with zero attached hydrogens (tertiary/aromatic N) is 1. The van der Waals surface area contributed by atoms with Gasteiger partial charge in [0, 0.05) is 6.20 Å². The highest BCUT2D eigenvalue weighted by molar-refractivity contribution is 7.89. The molecule has 1 atom stereocenters. The van der Waals surface area contributed by atoms with Gasteiger partial charge in [-0.15, -0.1) is 0 Å². The van der Waals surface area contributed by atoms with Crippen molar-refractivity contribution in [2.75, 3.05) is 5.75 Å². The van der Waals surface area contributed by atoms with Crippen molar-refractivity contribution in [3.63, 3.8) is 0 Å². The smallest absolute Gasteiger partial charge is 0.212 e. The zero-order chi connectivity index (χ0) is 13.1. The molecule has 0 aliphatic rings. The summed E-state index contributed by atoms with van der Waals surface area (Å²) in [5.74, 6) is 0.257. The predicted octanol–water partition coefficient (Wildman–Crippen LogP) is 2.03. The summed E-state index contributed by atoms with van der Waals surface area (Å²) >= 11 is 0. The van der Waals surface area contributed by atoms with E-state index in [1.165, 1.54) is 0 Å². The Kier molecular flexibility index (Phi) is 4.65. The largest absolute Gasteiger partial charge is 0.259 e. The molecule has 0 bridgehead atoms. The molecule has 1 rings (SSSR count). The minimum absolute atomic E-state index is 0.115. The summed E-state index contributed by atoms with van der Waals surface area (Å²) in [5, 5.41) is 0. The van der Waals surface area contributed by atoms with Crippen LogP contribution in [0, 0.1) is 12.8 Å². The van der Waals surface area contributed by atoms with Gasteiger partial charge in [-0.1, -0.05) is 19.9 Å². The first kappa shape index (κ1) is 14.1. The maximum absolute atomic E-state index is 11.8. The van der Waals surface area contributed by atoms with Gasteiger partial charge in [0.1, 0.15) is 0 Å². The van der Waals surface area contributed by atoms with Gasteiger partial charge in [-0.2, -0.15) is 0 Å². The number of aryl methyl sites for hydroxylation is 1. The molecule has 0 saturated carbocycles. The SMILES string of the molecule is Cc1cccnc1[C@H](C)NS(=O)(=O)CC(C)C. The van der Waals surface area contributed by atoms with Crippen LogP contribution in [0.2, 0.25) is 0 Å². The van der Waals surface area contributed by atoms with Gasteiger partial charge in [0.15, 0.2) is 0 Å². The van der Waals surface area contributed by atoms with Crippen molar-refractivity contribution in [1.29, 1.82) is 0 Å². The van der Waals surface area contributed by atoms with Crippen molar-refractivity contribution in [3.8, 4) is 0 Å². The Balaban J connectivity index is 2.80. The van der Waals surface area contributed by atoms with E-state index in [9.17, 15) is 8.42 Å². The van der Waals surface area contributed by atoms with Crippen molar-refractivity contribution < 1.29 is 8.42 Å². The molecule has 0 aliphatic carbocycles. The summed E-state index contributed by atoms with van der Waals surface area (Å²) in [7, 11) is -3.23. The van der Waals surface area contributed by atoms with E-state index in [2.05, 4.69) is 9.71 Å². The fourth-order valence-corrected chi connectivity index (χ4v) is 3.39. The number of nitrogens with one attached hydrogen (secondary N) is 1. The molecular weight excluding hydrogens is 236 g/mol. The van der Waals surface area contributed by atoms with E-state index in [1.807, 2.05) is 39.8 Å². The molecular formula is C12H20N2O2S. The van der Waals surface area contributed by atoms with Crippen LogP contribution in [0.15, 0.2) is 18.3 Å². The number of rotatable bonds is 5. The fraction of sp³-hybridized carbons (Fsp3) is 0.583. The molecule has 0 aliphatic heterocycles. The van der Waals surface area contributed by atoms with Crippen LogP contribution in [0.3, 0.4) is 0 Å². The van der Waals surface area contributed by atoms with Gasteiger partial charge < -0.3 is 0 Å². The summed E-state index contributed by atoms with van der Waals surface area (Å²) in [6.45, 7) is 7.51. The molecule has 0 aromatic carbocycles. The van der Waals surface area contributed by atoms with Crippen LogP contribution < -0.4 is 4.72 Å². The van der Waals surface area contributed by atoms with Crippen LogP contribution in [-0.2, 0) is 10.0 Å². The lowest BCUT2D eigenvalue weighted by Crippen LogP contribution is -2.31. The van der Waals surface area contributed by atoms with Crippen LogP contribution in [0.4, 0.5) is 0 Å². The molecule has 0 amide bonds. The van der Waals surface area contributed by atoms with Gasteiger partial charge in [0.05, 0.1) is 17.5 Å². The Labute approximate surface area is 104 Å². The Morgan fingerprint density at radius 1 is 1.35 bits per heavy atom. The van der Waals surface area contributed by atoms with E-state index < -0.39 is 10.0 Å². The molecule has 0 spiro atoms. The third-order valence-corrected chi connectivity index (χ3v) is 4.19. The monoisotopic (exact) mass is 256 g/mol. The third-order valence-electron chi connectivity index (χ3n) is 2.37. The van der Waals surface area contributed by atoms with E-state index in [-0.39, 0.29) is 17.7 Å². The highest BCUT2D eigenvalue weighted by Crippen LogP contribution is 2.15. The summed E-state index contributed by atoms with van der Waals surface area (Å²) in [6, 6.07) is 3.48. The van der Waals surface area contributed by atoms with Crippen LogP contribution >= 0.6 is 0 Å². The predicted molar refractivity (Wildman–Crippen MR) is 69.1 cm³/mol. The van der Waals surface area contributed by atoms with Gasteiger partial charge in [-0.25, -0.2) is 13.1 Å². The van der Waals surface area contributed by atoms with Crippen molar-refractivity contribution in [2.45, 2.75) is 33.7 Å². The maximum Gasteiger partial charge on any atom is 0.212 e. The first-order valence-electron chi connectivity index (χ1n) is 5.73. The maximum atomic E-state index is 11.8. The van der Waals surface area contributed by atoms with E-state index in [0.717, 1.165) is 11.3 Å². The van der Waals surface area contributed by atoms with Gasteiger partial charge in [-0.3, -0.25) is 4.98 Å². The highest BCUT2D eigenvalue weighted by atomic mass is 32.2. The molecule has 96 valence electrons. The second kappa shape index (κ2) is 5.60. The Morgan fingerprint density at radius 3 is 2.53 bits per heavy atom. The van der Waals surface area contributed by atoms with Gasteiger partial charge in [-0.05, 0) is 31.4 Å². The van der Waals surface area contributed by atoms with E-state index in [1.54, 1.807) is 6.20 Å². The molecule has 1 aromatic rings. The second-order valence-electron chi connectivity index (χ2n) is 4.72. The van der Waals surface area contributed by atoms with Crippen molar-refractivity contribution in [1.82, 2.24) is 9.71 Å². The van der Waals surface area contributed by atoms with Gasteiger partial charge in [0.25, 0.3) is 0 Å². The van der Waals surface area contributed by atoms with Gasteiger partial charge >= 0.3 is 0 Å². The first-order chi connectivity index (χ1) is 7.82. The quantitative estimate of drug-likeness (QED) is 0.877. The van der Waals surface area contributed by atoms with Crippen molar-refractivity contribution >= 4 is 10.0 Å². The van der Waals surface area contributed by atoms with Crippen LogP contribution in [0.1, 0.15) is 38.1 Å². The molecule has 4 nitrogen and oxygen atoms in total. The minimum Gasteiger partial charge on any atom is -0.259 e.